The van der Waals surface area contributed by atoms with Gasteiger partial charge in [0, 0.05) is 20.1 Å². The van der Waals surface area contributed by atoms with Crippen LogP contribution >= 0.6 is 0 Å². The molecule has 6 nitrogen and oxygen atoms in total. The number of imidazole rings is 1. The van der Waals surface area contributed by atoms with Crippen LogP contribution < -0.4 is 0 Å². The molecule has 1 saturated heterocycles. The summed E-state index contributed by atoms with van der Waals surface area (Å²) in [5.41, 5.74) is 1.53. The molecule has 0 spiro atoms. The summed E-state index contributed by atoms with van der Waals surface area (Å²) in [5.74, 6) is 2.18. The van der Waals surface area contributed by atoms with Crippen LogP contribution in [0.25, 0.3) is 22.6 Å². The van der Waals surface area contributed by atoms with E-state index in [1.165, 1.54) is 0 Å². The van der Waals surface area contributed by atoms with Crippen molar-refractivity contribution in [3.05, 3.63) is 36.1 Å². The molecular formula is C17H19N3O3S. The summed E-state index contributed by atoms with van der Waals surface area (Å²) >= 11 is 0. The zero-order valence-corrected chi connectivity index (χ0v) is 14.5. The first-order chi connectivity index (χ1) is 11.5. The van der Waals surface area contributed by atoms with Gasteiger partial charge in [0.2, 0.25) is 10.0 Å². The Morgan fingerprint density at radius 2 is 1.88 bits per heavy atom. The van der Waals surface area contributed by atoms with Gasteiger partial charge in [-0.1, -0.05) is 0 Å². The van der Waals surface area contributed by atoms with Gasteiger partial charge >= 0.3 is 0 Å². The summed E-state index contributed by atoms with van der Waals surface area (Å²) in [6.07, 6.45) is 1.85. The van der Waals surface area contributed by atoms with Crippen LogP contribution in [0, 0.1) is 6.92 Å². The lowest BCUT2D eigenvalue weighted by molar-refractivity contribution is 0.477. The maximum Gasteiger partial charge on any atom is 0.243 e. The first-order valence-corrected chi connectivity index (χ1v) is 9.44. The van der Waals surface area contributed by atoms with Gasteiger partial charge in [-0.2, -0.15) is 4.31 Å². The van der Waals surface area contributed by atoms with Crippen LogP contribution in [0.15, 0.2) is 39.6 Å². The van der Waals surface area contributed by atoms with Gasteiger partial charge in [0.05, 0.1) is 15.9 Å². The van der Waals surface area contributed by atoms with Gasteiger partial charge in [-0.3, -0.25) is 0 Å². The molecular weight excluding hydrogens is 326 g/mol. The Balaban J connectivity index is 1.81. The number of rotatable bonds is 3. The van der Waals surface area contributed by atoms with E-state index in [0.717, 1.165) is 24.1 Å². The lowest BCUT2D eigenvalue weighted by Gasteiger charge is -2.15. The van der Waals surface area contributed by atoms with Crippen molar-refractivity contribution < 1.29 is 12.8 Å². The SMILES string of the molecule is Cc1ccc(-c2nc3cc(S(=O)(=O)N4CCCC4)ccc3n2C)o1. The highest BCUT2D eigenvalue weighted by molar-refractivity contribution is 7.89. The highest BCUT2D eigenvalue weighted by Crippen LogP contribution is 2.28. The second-order valence-electron chi connectivity index (χ2n) is 6.17. The summed E-state index contributed by atoms with van der Waals surface area (Å²) in [7, 11) is -1.53. The van der Waals surface area contributed by atoms with E-state index in [9.17, 15) is 8.42 Å². The maximum atomic E-state index is 12.7. The van der Waals surface area contributed by atoms with Gasteiger partial charge in [0.1, 0.15) is 5.76 Å². The number of aryl methyl sites for hydroxylation is 2. The predicted octanol–water partition coefficient (Wildman–Crippen LogP) is 2.93. The molecule has 0 saturated carbocycles. The van der Waals surface area contributed by atoms with Gasteiger partial charge in [-0.25, -0.2) is 13.4 Å². The minimum absolute atomic E-state index is 0.303. The van der Waals surface area contributed by atoms with Crippen molar-refractivity contribution in [2.45, 2.75) is 24.7 Å². The third-order valence-corrected chi connectivity index (χ3v) is 6.41. The Hall–Kier alpha value is -2.12. The highest BCUT2D eigenvalue weighted by atomic mass is 32.2. The fraction of sp³-hybridized carbons (Fsp3) is 0.353. The van der Waals surface area contributed by atoms with E-state index in [4.69, 9.17) is 4.42 Å². The molecule has 126 valence electrons. The number of hydrogen-bond donors (Lipinski definition) is 0. The fourth-order valence-electron chi connectivity index (χ4n) is 3.19. The maximum absolute atomic E-state index is 12.7. The molecule has 0 atom stereocenters. The molecule has 0 N–H and O–H groups in total. The number of fused-ring (bicyclic) bond motifs is 1. The monoisotopic (exact) mass is 345 g/mol. The lowest BCUT2D eigenvalue weighted by atomic mass is 10.3. The number of sulfonamides is 1. The van der Waals surface area contributed by atoms with Crippen LogP contribution in [0.3, 0.4) is 0 Å². The second kappa shape index (κ2) is 5.46. The molecule has 0 bridgehead atoms. The molecule has 1 fully saturated rings. The molecule has 2 aromatic heterocycles. The molecule has 0 aliphatic carbocycles. The van der Waals surface area contributed by atoms with Crippen molar-refractivity contribution >= 4 is 21.1 Å². The second-order valence-corrected chi connectivity index (χ2v) is 8.10. The smallest absolute Gasteiger partial charge is 0.243 e. The number of aromatic nitrogens is 2. The topological polar surface area (TPSA) is 68.3 Å². The van der Waals surface area contributed by atoms with Crippen LogP contribution in [0.1, 0.15) is 18.6 Å². The van der Waals surface area contributed by atoms with Crippen LogP contribution in [0.4, 0.5) is 0 Å². The molecule has 0 radical (unpaired) electrons. The van der Waals surface area contributed by atoms with Gasteiger partial charge in [0.25, 0.3) is 0 Å². The van der Waals surface area contributed by atoms with Crippen molar-refractivity contribution in [1.82, 2.24) is 13.9 Å². The summed E-state index contributed by atoms with van der Waals surface area (Å²) in [6, 6.07) is 8.89. The molecule has 7 heteroatoms. The number of benzene rings is 1. The van der Waals surface area contributed by atoms with Crippen LogP contribution in [-0.2, 0) is 17.1 Å². The van der Waals surface area contributed by atoms with Crippen LogP contribution in [0.5, 0.6) is 0 Å². The average Bonchev–Trinajstić information content (AvgIpc) is 3.28. The zero-order valence-electron chi connectivity index (χ0n) is 13.7. The Labute approximate surface area is 140 Å². The highest BCUT2D eigenvalue weighted by Gasteiger charge is 2.27. The summed E-state index contributed by atoms with van der Waals surface area (Å²) in [4.78, 5) is 4.89. The number of nitrogens with zero attached hydrogens (tertiary/aromatic N) is 3. The Morgan fingerprint density at radius 3 is 2.54 bits per heavy atom. The Kier molecular flexibility index (Phi) is 3.51. The van der Waals surface area contributed by atoms with E-state index in [1.54, 1.807) is 16.4 Å². The van der Waals surface area contributed by atoms with Crippen molar-refractivity contribution in [3.63, 3.8) is 0 Å². The normalized spacial score (nSPS) is 16.2. The molecule has 0 unspecified atom stereocenters. The molecule has 0 amide bonds. The van der Waals surface area contributed by atoms with Crippen molar-refractivity contribution in [2.24, 2.45) is 7.05 Å². The number of hydrogen-bond acceptors (Lipinski definition) is 4. The van der Waals surface area contributed by atoms with E-state index < -0.39 is 10.0 Å². The van der Waals surface area contributed by atoms with Gasteiger partial charge in [-0.15, -0.1) is 0 Å². The molecule has 1 aliphatic rings. The molecule has 24 heavy (non-hydrogen) atoms. The van der Waals surface area contributed by atoms with E-state index >= 15 is 0 Å². The standard InChI is InChI=1S/C17H19N3O3S/c1-12-5-8-16(23-12)17-18-14-11-13(6-7-15(14)19(17)2)24(21,22)20-9-3-4-10-20/h5-8,11H,3-4,9-10H2,1-2H3. The molecule has 3 heterocycles. The lowest BCUT2D eigenvalue weighted by Crippen LogP contribution is -2.27. The fourth-order valence-corrected chi connectivity index (χ4v) is 4.73. The summed E-state index contributed by atoms with van der Waals surface area (Å²) in [6.45, 7) is 3.08. The van der Waals surface area contributed by atoms with Crippen LogP contribution in [-0.4, -0.2) is 35.4 Å². The molecule has 4 rings (SSSR count). The summed E-state index contributed by atoms with van der Waals surface area (Å²) < 4.78 is 34.5. The largest absolute Gasteiger partial charge is 0.458 e. The minimum atomic E-state index is -3.43. The van der Waals surface area contributed by atoms with Gasteiger partial charge < -0.3 is 8.98 Å². The molecule has 1 aliphatic heterocycles. The molecule has 3 aromatic rings. The third kappa shape index (κ3) is 2.35. The minimum Gasteiger partial charge on any atom is -0.458 e. The van der Waals surface area contributed by atoms with E-state index in [-0.39, 0.29) is 0 Å². The van der Waals surface area contributed by atoms with Crippen molar-refractivity contribution in [1.29, 1.82) is 0 Å². The zero-order chi connectivity index (χ0) is 16.9. The Morgan fingerprint density at radius 1 is 1.12 bits per heavy atom. The van der Waals surface area contributed by atoms with Crippen molar-refractivity contribution in [2.75, 3.05) is 13.1 Å². The van der Waals surface area contributed by atoms with Gasteiger partial charge in [-0.05, 0) is 50.1 Å². The first kappa shape index (κ1) is 15.4. The predicted molar refractivity (Wildman–Crippen MR) is 91.1 cm³/mol. The van der Waals surface area contributed by atoms with Crippen LogP contribution in [0.2, 0.25) is 0 Å². The average molecular weight is 345 g/mol. The quantitative estimate of drug-likeness (QED) is 0.732. The van der Waals surface area contributed by atoms with Gasteiger partial charge in [0.15, 0.2) is 11.6 Å². The third-order valence-electron chi connectivity index (χ3n) is 4.52. The van der Waals surface area contributed by atoms with Crippen molar-refractivity contribution in [3.8, 4) is 11.6 Å². The number of furan rings is 1. The Bertz CT molecular complexity index is 1010. The molecule has 1 aromatic carbocycles. The first-order valence-electron chi connectivity index (χ1n) is 8.00. The summed E-state index contributed by atoms with van der Waals surface area (Å²) in [5, 5.41) is 0. The van der Waals surface area contributed by atoms with E-state index in [1.807, 2.05) is 36.7 Å². The van der Waals surface area contributed by atoms with E-state index in [2.05, 4.69) is 4.98 Å². The van der Waals surface area contributed by atoms with E-state index in [0.29, 0.717) is 35.1 Å².